The van der Waals surface area contributed by atoms with Crippen LogP contribution in [0, 0.1) is 0 Å². The summed E-state index contributed by atoms with van der Waals surface area (Å²) in [6, 6.07) is 4.34. The fourth-order valence-electron chi connectivity index (χ4n) is 2.47. The average Bonchev–Trinajstić information content (AvgIpc) is 2.64. The highest BCUT2D eigenvalue weighted by molar-refractivity contribution is 5.06. The Kier molecular flexibility index (Phi) is 3.59. The van der Waals surface area contributed by atoms with Gasteiger partial charge in [-0.2, -0.15) is 0 Å². The van der Waals surface area contributed by atoms with E-state index in [-0.39, 0.29) is 0 Å². The molecule has 3 nitrogen and oxygen atoms in total. The van der Waals surface area contributed by atoms with Crippen molar-refractivity contribution in [1.29, 1.82) is 0 Å². The smallest absolute Gasteiger partial charge is 0.0388 e. The van der Waals surface area contributed by atoms with E-state index in [9.17, 15) is 0 Å². The molecule has 1 aromatic heterocycles. The van der Waals surface area contributed by atoms with Crippen molar-refractivity contribution in [3.8, 4) is 0 Å². The van der Waals surface area contributed by atoms with Gasteiger partial charge in [-0.3, -0.25) is 9.80 Å². The molecular formula is C14H25N3. The molecule has 1 saturated heterocycles. The molecule has 0 radical (unpaired) electrons. The normalized spacial score (nSPS) is 19.8. The number of aryl methyl sites for hydroxylation is 1. The minimum absolute atomic E-state index is 0.317. The van der Waals surface area contributed by atoms with Crippen LogP contribution in [-0.4, -0.2) is 46.1 Å². The van der Waals surface area contributed by atoms with E-state index in [4.69, 9.17) is 0 Å². The first-order valence-electron chi connectivity index (χ1n) is 6.54. The van der Waals surface area contributed by atoms with Crippen LogP contribution in [0.15, 0.2) is 18.3 Å². The van der Waals surface area contributed by atoms with Crippen molar-refractivity contribution in [2.75, 3.05) is 26.2 Å². The van der Waals surface area contributed by atoms with Crippen molar-refractivity contribution < 1.29 is 0 Å². The maximum absolute atomic E-state index is 2.58. The first kappa shape index (κ1) is 12.7. The highest BCUT2D eigenvalue weighted by Gasteiger charge is 2.25. The first-order chi connectivity index (χ1) is 7.97. The molecule has 96 valence electrons. The Morgan fingerprint density at radius 3 is 2.24 bits per heavy atom. The van der Waals surface area contributed by atoms with Crippen molar-refractivity contribution >= 4 is 0 Å². The highest BCUT2D eigenvalue weighted by atomic mass is 15.3. The van der Waals surface area contributed by atoms with Gasteiger partial charge < -0.3 is 4.57 Å². The summed E-state index contributed by atoms with van der Waals surface area (Å²) < 4.78 is 2.22. The zero-order chi connectivity index (χ0) is 12.5. The number of hydrogen-bond acceptors (Lipinski definition) is 2. The number of piperazine rings is 1. The predicted molar refractivity (Wildman–Crippen MR) is 72.0 cm³/mol. The lowest BCUT2D eigenvalue weighted by molar-refractivity contribution is 0.0582. The summed E-state index contributed by atoms with van der Waals surface area (Å²) in [7, 11) is 2.13. The number of nitrogens with zero attached hydrogens (tertiary/aromatic N) is 3. The molecule has 1 fully saturated rings. The molecule has 0 N–H and O–H groups in total. The van der Waals surface area contributed by atoms with E-state index in [1.54, 1.807) is 0 Å². The van der Waals surface area contributed by atoms with Crippen LogP contribution in [0.25, 0.3) is 0 Å². The second-order valence-corrected chi connectivity index (χ2v) is 6.04. The second-order valence-electron chi connectivity index (χ2n) is 6.04. The molecule has 0 aliphatic carbocycles. The Bertz CT molecular complexity index is 354. The topological polar surface area (TPSA) is 11.4 Å². The molecule has 0 aromatic carbocycles. The van der Waals surface area contributed by atoms with Gasteiger partial charge in [0, 0.05) is 57.2 Å². The zero-order valence-corrected chi connectivity index (χ0v) is 11.6. The van der Waals surface area contributed by atoms with Crippen molar-refractivity contribution in [3.05, 3.63) is 24.0 Å². The fourth-order valence-corrected chi connectivity index (χ4v) is 2.47. The average molecular weight is 235 g/mol. The Balaban J connectivity index is 1.86. The lowest BCUT2D eigenvalue weighted by Gasteiger charge is -2.42. The van der Waals surface area contributed by atoms with Crippen LogP contribution < -0.4 is 0 Å². The number of aromatic nitrogens is 1. The van der Waals surface area contributed by atoms with Gasteiger partial charge in [-0.1, -0.05) is 0 Å². The predicted octanol–water partition coefficient (Wildman–Crippen LogP) is 1.94. The van der Waals surface area contributed by atoms with E-state index < -0.39 is 0 Å². The van der Waals surface area contributed by atoms with Crippen molar-refractivity contribution in [2.24, 2.45) is 7.05 Å². The monoisotopic (exact) mass is 235 g/mol. The van der Waals surface area contributed by atoms with Crippen LogP contribution in [-0.2, 0) is 13.6 Å². The van der Waals surface area contributed by atoms with E-state index in [1.165, 1.54) is 31.9 Å². The SMILES string of the molecule is Cn1cccc1CN1CCN(C(C)(C)C)CC1. The molecule has 1 aliphatic heterocycles. The molecule has 0 saturated carbocycles. The molecule has 3 heteroatoms. The Morgan fingerprint density at radius 1 is 1.12 bits per heavy atom. The maximum Gasteiger partial charge on any atom is 0.0388 e. The molecule has 0 unspecified atom stereocenters. The summed E-state index contributed by atoms with van der Waals surface area (Å²) in [5.74, 6) is 0. The minimum Gasteiger partial charge on any atom is -0.353 e. The molecule has 0 spiro atoms. The van der Waals surface area contributed by atoms with E-state index in [0.29, 0.717) is 5.54 Å². The zero-order valence-electron chi connectivity index (χ0n) is 11.6. The molecule has 0 bridgehead atoms. The highest BCUT2D eigenvalue weighted by Crippen LogP contribution is 2.17. The molecule has 1 aromatic rings. The summed E-state index contributed by atoms with van der Waals surface area (Å²) in [5.41, 5.74) is 1.73. The molecule has 2 rings (SSSR count). The molecule has 0 amide bonds. The van der Waals surface area contributed by atoms with Crippen LogP contribution in [0.3, 0.4) is 0 Å². The fraction of sp³-hybridized carbons (Fsp3) is 0.714. The third-order valence-corrected chi connectivity index (χ3v) is 3.76. The van der Waals surface area contributed by atoms with Crippen LogP contribution >= 0.6 is 0 Å². The molecule has 2 heterocycles. The van der Waals surface area contributed by atoms with E-state index in [0.717, 1.165) is 6.54 Å². The lowest BCUT2D eigenvalue weighted by atomic mass is 10.0. The maximum atomic E-state index is 2.58. The molecule has 0 atom stereocenters. The van der Waals surface area contributed by atoms with Gasteiger partial charge >= 0.3 is 0 Å². The van der Waals surface area contributed by atoms with Crippen LogP contribution in [0.2, 0.25) is 0 Å². The van der Waals surface area contributed by atoms with Gasteiger partial charge in [0.1, 0.15) is 0 Å². The number of rotatable bonds is 2. The third kappa shape index (κ3) is 3.11. The Morgan fingerprint density at radius 2 is 1.76 bits per heavy atom. The summed E-state index contributed by atoms with van der Waals surface area (Å²) in [6.07, 6.45) is 2.13. The number of hydrogen-bond donors (Lipinski definition) is 0. The molecule has 1 aliphatic rings. The van der Waals surface area contributed by atoms with E-state index >= 15 is 0 Å². The van der Waals surface area contributed by atoms with Gasteiger partial charge in [0.25, 0.3) is 0 Å². The van der Waals surface area contributed by atoms with Gasteiger partial charge in [-0.25, -0.2) is 0 Å². The minimum atomic E-state index is 0.317. The first-order valence-corrected chi connectivity index (χ1v) is 6.54. The van der Waals surface area contributed by atoms with Crippen LogP contribution in [0.1, 0.15) is 26.5 Å². The standard InChI is InChI=1S/C14H25N3/c1-14(2,3)17-10-8-16(9-11-17)12-13-6-5-7-15(13)4/h5-7H,8-12H2,1-4H3. The Labute approximate surface area is 105 Å². The van der Waals surface area contributed by atoms with Crippen molar-refractivity contribution in [1.82, 2.24) is 14.4 Å². The van der Waals surface area contributed by atoms with Crippen molar-refractivity contribution in [2.45, 2.75) is 32.9 Å². The van der Waals surface area contributed by atoms with Gasteiger partial charge in [-0.15, -0.1) is 0 Å². The van der Waals surface area contributed by atoms with Crippen molar-refractivity contribution in [3.63, 3.8) is 0 Å². The van der Waals surface area contributed by atoms with Crippen LogP contribution in [0.5, 0.6) is 0 Å². The van der Waals surface area contributed by atoms with E-state index in [2.05, 4.69) is 60.5 Å². The lowest BCUT2D eigenvalue weighted by Crippen LogP contribution is -2.53. The van der Waals surface area contributed by atoms with Gasteiger partial charge in [-0.05, 0) is 32.9 Å². The molecule has 17 heavy (non-hydrogen) atoms. The van der Waals surface area contributed by atoms with Gasteiger partial charge in [0.2, 0.25) is 0 Å². The molecular weight excluding hydrogens is 210 g/mol. The van der Waals surface area contributed by atoms with Gasteiger partial charge in [0.15, 0.2) is 0 Å². The second kappa shape index (κ2) is 4.83. The summed E-state index contributed by atoms with van der Waals surface area (Å²) >= 11 is 0. The largest absolute Gasteiger partial charge is 0.353 e. The summed E-state index contributed by atoms with van der Waals surface area (Å²) in [5, 5.41) is 0. The Hall–Kier alpha value is -0.800. The summed E-state index contributed by atoms with van der Waals surface area (Å²) in [4.78, 5) is 5.13. The van der Waals surface area contributed by atoms with Crippen LogP contribution in [0.4, 0.5) is 0 Å². The quantitative estimate of drug-likeness (QED) is 0.776. The van der Waals surface area contributed by atoms with Gasteiger partial charge in [0.05, 0.1) is 0 Å². The summed E-state index contributed by atoms with van der Waals surface area (Å²) in [6.45, 7) is 12.7. The van der Waals surface area contributed by atoms with E-state index in [1.807, 2.05) is 0 Å². The third-order valence-electron chi connectivity index (χ3n) is 3.76.